The number of amides is 1. The third kappa shape index (κ3) is 3.48. The molecule has 4 nitrogen and oxygen atoms in total. The molecule has 20 heavy (non-hydrogen) atoms. The number of carbonyl (C=O) groups excluding carboxylic acids is 1. The summed E-state index contributed by atoms with van der Waals surface area (Å²) in [7, 11) is -3.19. The van der Waals surface area contributed by atoms with Gasteiger partial charge in [0.1, 0.15) is 0 Å². The maximum Gasteiger partial charge on any atom is 0.227 e. The molecule has 108 valence electrons. The summed E-state index contributed by atoms with van der Waals surface area (Å²) in [6.07, 6.45) is 6.70. The molecular formula is C15H19NO3S. The van der Waals surface area contributed by atoms with Crippen LogP contribution in [0.25, 0.3) is 0 Å². The van der Waals surface area contributed by atoms with Gasteiger partial charge in [-0.3, -0.25) is 4.79 Å². The number of sulfone groups is 1. The second-order valence-electron chi connectivity index (χ2n) is 4.90. The molecule has 1 atom stereocenters. The summed E-state index contributed by atoms with van der Waals surface area (Å²) in [5.41, 5.74) is 0.639. The fraction of sp³-hybridized carbons (Fsp3) is 0.400. The van der Waals surface area contributed by atoms with Crippen LogP contribution in [-0.2, 0) is 14.6 Å². The van der Waals surface area contributed by atoms with Gasteiger partial charge in [-0.25, -0.2) is 8.42 Å². The highest BCUT2D eigenvalue weighted by Crippen LogP contribution is 2.21. The number of nitrogens with one attached hydrogen (secondary N) is 1. The molecule has 1 aliphatic rings. The van der Waals surface area contributed by atoms with E-state index in [0.29, 0.717) is 10.6 Å². The Balaban J connectivity index is 2.04. The van der Waals surface area contributed by atoms with Crippen molar-refractivity contribution in [1.82, 2.24) is 0 Å². The zero-order valence-corrected chi connectivity index (χ0v) is 12.3. The van der Waals surface area contributed by atoms with Gasteiger partial charge in [-0.1, -0.05) is 19.1 Å². The molecule has 1 N–H and O–H groups in total. The molecule has 0 fully saturated rings. The van der Waals surface area contributed by atoms with E-state index in [2.05, 4.69) is 11.4 Å². The first kappa shape index (κ1) is 14.8. The van der Waals surface area contributed by atoms with Crippen LogP contribution in [0.1, 0.15) is 26.2 Å². The SMILES string of the molecule is CCS(=O)(=O)c1ccc(NC(=O)[C@@H]2CC=CCC2)cc1. The van der Waals surface area contributed by atoms with Crippen molar-refractivity contribution in [3.63, 3.8) is 0 Å². The quantitative estimate of drug-likeness (QED) is 0.868. The number of anilines is 1. The molecule has 0 aliphatic heterocycles. The van der Waals surface area contributed by atoms with Crippen LogP contribution in [0.15, 0.2) is 41.3 Å². The van der Waals surface area contributed by atoms with E-state index in [1.165, 1.54) is 12.1 Å². The Bertz CT molecular complexity index is 603. The minimum Gasteiger partial charge on any atom is -0.326 e. The lowest BCUT2D eigenvalue weighted by atomic mass is 9.93. The summed E-state index contributed by atoms with van der Waals surface area (Å²) in [5, 5.41) is 2.84. The number of carbonyl (C=O) groups is 1. The van der Waals surface area contributed by atoms with Gasteiger partial charge >= 0.3 is 0 Å². The minimum atomic E-state index is -3.19. The van der Waals surface area contributed by atoms with E-state index < -0.39 is 9.84 Å². The van der Waals surface area contributed by atoms with Crippen molar-refractivity contribution in [2.24, 2.45) is 5.92 Å². The third-order valence-corrected chi connectivity index (χ3v) is 5.25. The summed E-state index contributed by atoms with van der Waals surface area (Å²) in [5.74, 6) is 0.0899. The molecule has 5 heteroatoms. The molecule has 0 aromatic heterocycles. The molecule has 1 aromatic carbocycles. The van der Waals surface area contributed by atoms with Gasteiger partial charge < -0.3 is 5.32 Å². The standard InChI is InChI=1S/C15H19NO3S/c1-2-20(18,19)14-10-8-13(9-11-14)16-15(17)12-6-4-3-5-7-12/h3-4,8-12H,2,5-7H2,1H3,(H,16,17)/t12-/m1/s1. The molecule has 0 spiro atoms. The van der Waals surface area contributed by atoms with Gasteiger partial charge in [0.25, 0.3) is 0 Å². The largest absolute Gasteiger partial charge is 0.326 e. The van der Waals surface area contributed by atoms with Crippen molar-refractivity contribution in [3.05, 3.63) is 36.4 Å². The van der Waals surface area contributed by atoms with Gasteiger partial charge in [0.05, 0.1) is 10.6 Å². The highest BCUT2D eigenvalue weighted by Gasteiger charge is 2.19. The summed E-state index contributed by atoms with van der Waals surface area (Å²) in [6, 6.07) is 6.35. The predicted molar refractivity (Wildman–Crippen MR) is 79.3 cm³/mol. The number of hydrogen-bond acceptors (Lipinski definition) is 3. The van der Waals surface area contributed by atoms with Gasteiger partial charge in [0.2, 0.25) is 5.91 Å². The first-order valence-electron chi connectivity index (χ1n) is 6.81. The van der Waals surface area contributed by atoms with Crippen LogP contribution < -0.4 is 5.32 Å². The fourth-order valence-electron chi connectivity index (χ4n) is 2.19. The van der Waals surface area contributed by atoms with Crippen LogP contribution >= 0.6 is 0 Å². The van der Waals surface area contributed by atoms with Crippen LogP contribution in [0.3, 0.4) is 0 Å². The van der Waals surface area contributed by atoms with Crippen LogP contribution in [0, 0.1) is 5.92 Å². The first-order chi connectivity index (χ1) is 9.53. The lowest BCUT2D eigenvalue weighted by molar-refractivity contribution is -0.120. The number of benzene rings is 1. The van der Waals surface area contributed by atoms with E-state index in [1.807, 2.05) is 6.08 Å². The fourth-order valence-corrected chi connectivity index (χ4v) is 3.07. The van der Waals surface area contributed by atoms with Gasteiger partial charge in [0.15, 0.2) is 9.84 Å². The maximum atomic E-state index is 12.0. The van der Waals surface area contributed by atoms with Crippen LogP contribution in [0.5, 0.6) is 0 Å². The van der Waals surface area contributed by atoms with E-state index in [9.17, 15) is 13.2 Å². The van der Waals surface area contributed by atoms with Crippen LogP contribution in [-0.4, -0.2) is 20.1 Å². The van der Waals surface area contributed by atoms with Crippen molar-refractivity contribution in [2.75, 3.05) is 11.1 Å². The molecule has 2 rings (SSSR count). The predicted octanol–water partition coefficient (Wildman–Crippen LogP) is 2.78. The van der Waals surface area contributed by atoms with Crippen LogP contribution in [0.4, 0.5) is 5.69 Å². The normalized spacial score (nSPS) is 18.8. The maximum absolute atomic E-state index is 12.0. The van der Waals surface area contributed by atoms with Gasteiger partial charge in [-0.15, -0.1) is 0 Å². The topological polar surface area (TPSA) is 63.2 Å². The molecule has 0 saturated carbocycles. The van der Waals surface area contributed by atoms with E-state index in [1.54, 1.807) is 19.1 Å². The second kappa shape index (κ2) is 6.22. The Kier molecular flexibility index (Phi) is 4.60. The molecule has 1 amide bonds. The van der Waals surface area contributed by atoms with Gasteiger partial charge in [-0.05, 0) is 43.5 Å². The zero-order chi connectivity index (χ0) is 14.6. The molecule has 0 heterocycles. The average molecular weight is 293 g/mol. The second-order valence-corrected chi connectivity index (χ2v) is 7.18. The Morgan fingerprint density at radius 3 is 2.50 bits per heavy atom. The molecule has 1 aliphatic carbocycles. The van der Waals surface area contributed by atoms with Gasteiger partial charge in [0, 0.05) is 11.6 Å². The van der Waals surface area contributed by atoms with E-state index in [-0.39, 0.29) is 17.6 Å². The van der Waals surface area contributed by atoms with Crippen LogP contribution in [0.2, 0.25) is 0 Å². The lowest BCUT2D eigenvalue weighted by Crippen LogP contribution is -2.23. The van der Waals surface area contributed by atoms with E-state index in [0.717, 1.165) is 19.3 Å². The molecular weight excluding hydrogens is 274 g/mol. The van der Waals surface area contributed by atoms with Crippen molar-refractivity contribution < 1.29 is 13.2 Å². The Labute approximate surface area is 119 Å². The lowest BCUT2D eigenvalue weighted by Gasteiger charge is -2.17. The Hall–Kier alpha value is -1.62. The summed E-state index contributed by atoms with van der Waals surface area (Å²) < 4.78 is 23.4. The van der Waals surface area contributed by atoms with Gasteiger partial charge in [-0.2, -0.15) is 0 Å². The summed E-state index contributed by atoms with van der Waals surface area (Å²) >= 11 is 0. The van der Waals surface area contributed by atoms with E-state index in [4.69, 9.17) is 0 Å². The van der Waals surface area contributed by atoms with Crippen molar-refractivity contribution in [3.8, 4) is 0 Å². The smallest absolute Gasteiger partial charge is 0.227 e. The first-order valence-corrected chi connectivity index (χ1v) is 8.47. The third-order valence-electron chi connectivity index (χ3n) is 3.50. The summed E-state index contributed by atoms with van der Waals surface area (Å²) in [6.45, 7) is 1.61. The monoisotopic (exact) mass is 293 g/mol. The molecule has 0 saturated heterocycles. The molecule has 0 bridgehead atoms. The van der Waals surface area contributed by atoms with Crippen molar-refractivity contribution >= 4 is 21.4 Å². The summed E-state index contributed by atoms with van der Waals surface area (Å²) in [4.78, 5) is 12.3. The molecule has 0 unspecified atom stereocenters. The van der Waals surface area contributed by atoms with Crippen molar-refractivity contribution in [1.29, 1.82) is 0 Å². The molecule has 0 radical (unpaired) electrons. The number of rotatable bonds is 4. The Morgan fingerprint density at radius 2 is 1.95 bits per heavy atom. The van der Waals surface area contributed by atoms with E-state index >= 15 is 0 Å². The Morgan fingerprint density at radius 1 is 1.25 bits per heavy atom. The number of allylic oxidation sites excluding steroid dienone is 2. The highest BCUT2D eigenvalue weighted by atomic mass is 32.2. The zero-order valence-electron chi connectivity index (χ0n) is 11.5. The van der Waals surface area contributed by atoms with Crippen molar-refractivity contribution in [2.45, 2.75) is 31.1 Å². The minimum absolute atomic E-state index is 0.000415. The highest BCUT2D eigenvalue weighted by molar-refractivity contribution is 7.91. The average Bonchev–Trinajstić information content (AvgIpc) is 2.48. The number of hydrogen-bond donors (Lipinski definition) is 1. The molecule has 1 aromatic rings.